The van der Waals surface area contributed by atoms with E-state index in [0.717, 1.165) is 32.4 Å². The minimum atomic E-state index is -0.746. The highest BCUT2D eigenvalue weighted by Gasteiger charge is 2.46. The van der Waals surface area contributed by atoms with E-state index in [9.17, 15) is 14.7 Å². The Kier molecular flexibility index (Phi) is 9.19. The number of amides is 1. The van der Waals surface area contributed by atoms with Gasteiger partial charge in [-0.25, -0.2) is 0 Å². The van der Waals surface area contributed by atoms with Crippen molar-refractivity contribution in [1.82, 2.24) is 9.80 Å². The van der Waals surface area contributed by atoms with Gasteiger partial charge in [0.2, 0.25) is 0 Å². The number of methoxy groups -OCH3 is 1. The summed E-state index contributed by atoms with van der Waals surface area (Å²) in [6, 6.07) is 13.6. The molecular formula is C29H36N2O6. The molecule has 0 spiro atoms. The van der Waals surface area contributed by atoms with Crippen molar-refractivity contribution < 1.29 is 28.9 Å². The van der Waals surface area contributed by atoms with Gasteiger partial charge in [-0.05, 0) is 24.1 Å². The van der Waals surface area contributed by atoms with Crippen molar-refractivity contribution in [3.8, 4) is 11.5 Å². The Bertz CT molecular complexity index is 1110. The van der Waals surface area contributed by atoms with Crippen LogP contribution in [0.5, 0.6) is 11.5 Å². The fourth-order valence-corrected chi connectivity index (χ4v) is 4.79. The molecular weight excluding hydrogens is 472 g/mol. The number of aliphatic hydroxyl groups excluding tert-OH is 1. The van der Waals surface area contributed by atoms with Crippen LogP contribution in [0.2, 0.25) is 0 Å². The van der Waals surface area contributed by atoms with Crippen LogP contribution in [-0.4, -0.2) is 79.7 Å². The highest BCUT2D eigenvalue weighted by atomic mass is 16.5. The van der Waals surface area contributed by atoms with Gasteiger partial charge in [0, 0.05) is 31.7 Å². The van der Waals surface area contributed by atoms with Crippen molar-refractivity contribution in [2.45, 2.75) is 32.2 Å². The third kappa shape index (κ3) is 6.14. The van der Waals surface area contributed by atoms with Gasteiger partial charge in [0.25, 0.3) is 11.7 Å². The van der Waals surface area contributed by atoms with E-state index >= 15 is 0 Å². The Morgan fingerprint density at radius 1 is 1.03 bits per heavy atom. The van der Waals surface area contributed by atoms with Gasteiger partial charge in [-0.1, -0.05) is 56.2 Å². The summed E-state index contributed by atoms with van der Waals surface area (Å²) in [5.74, 6) is -0.360. The predicted octanol–water partition coefficient (Wildman–Crippen LogP) is 4.02. The van der Waals surface area contributed by atoms with Crippen molar-refractivity contribution >= 4 is 17.4 Å². The standard InChI is InChI=1S/C29H36N2O6/c1-3-4-8-17-37-23-12-11-22(20-24(23)35-2)26-25(27(32)21-9-6-5-7-10-21)28(33)29(34)31(26)14-13-30-15-18-36-19-16-30/h5-7,9-12,20,26,32H,3-4,8,13-19H2,1-2H3. The smallest absolute Gasteiger partial charge is 0.295 e. The lowest BCUT2D eigenvalue weighted by atomic mass is 9.95. The first-order chi connectivity index (χ1) is 18.0. The first-order valence-corrected chi connectivity index (χ1v) is 13.0. The molecule has 2 aromatic carbocycles. The van der Waals surface area contributed by atoms with E-state index in [0.29, 0.717) is 55.5 Å². The van der Waals surface area contributed by atoms with E-state index in [-0.39, 0.29) is 11.3 Å². The summed E-state index contributed by atoms with van der Waals surface area (Å²) in [5, 5.41) is 11.2. The van der Waals surface area contributed by atoms with Gasteiger partial charge in [-0.3, -0.25) is 14.5 Å². The lowest BCUT2D eigenvalue weighted by Crippen LogP contribution is -2.42. The summed E-state index contributed by atoms with van der Waals surface area (Å²) in [7, 11) is 1.57. The number of aliphatic hydroxyl groups is 1. The summed E-state index contributed by atoms with van der Waals surface area (Å²) in [6.07, 6.45) is 3.13. The molecule has 1 amide bonds. The number of ether oxygens (including phenoxy) is 3. The van der Waals surface area contributed by atoms with Crippen molar-refractivity contribution in [2.75, 3.05) is 53.1 Å². The molecule has 1 unspecified atom stereocenters. The molecule has 1 N–H and O–H groups in total. The van der Waals surface area contributed by atoms with Crippen LogP contribution in [0, 0.1) is 0 Å². The summed E-state index contributed by atoms with van der Waals surface area (Å²) in [5.41, 5.74) is 1.25. The zero-order valence-electron chi connectivity index (χ0n) is 21.7. The molecule has 0 radical (unpaired) electrons. The first-order valence-electron chi connectivity index (χ1n) is 13.0. The molecule has 1 atom stereocenters. The molecule has 2 saturated heterocycles. The molecule has 8 heteroatoms. The van der Waals surface area contributed by atoms with Gasteiger partial charge < -0.3 is 24.2 Å². The average molecular weight is 509 g/mol. The van der Waals surface area contributed by atoms with Gasteiger partial charge in [0.15, 0.2) is 11.5 Å². The van der Waals surface area contributed by atoms with Crippen LogP contribution < -0.4 is 9.47 Å². The number of hydrogen-bond donors (Lipinski definition) is 1. The Hall–Kier alpha value is -3.36. The number of nitrogens with zero attached hydrogens (tertiary/aromatic N) is 2. The molecule has 37 heavy (non-hydrogen) atoms. The van der Waals surface area contributed by atoms with Crippen LogP contribution in [0.4, 0.5) is 0 Å². The van der Waals surface area contributed by atoms with Gasteiger partial charge in [-0.15, -0.1) is 0 Å². The molecule has 0 aliphatic carbocycles. The molecule has 2 aliphatic heterocycles. The average Bonchev–Trinajstić information content (AvgIpc) is 3.19. The van der Waals surface area contributed by atoms with Crippen LogP contribution in [-0.2, 0) is 14.3 Å². The minimum absolute atomic E-state index is 0.0804. The molecule has 0 saturated carbocycles. The van der Waals surface area contributed by atoms with Crippen molar-refractivity contribution in [2.24, 2.45) is 0 Å². The number of morpholine rings is 1. The molecule has 198 valence electrons. The van der Waals surface area contributed by atoms with Gasteiger partial charge >= 0.3 is 0 Å². The number of unbranched alkanes of at least 4 members (excludes halogenated alkanes) is 2. The summed E-state index contributed by atoms with van der Waals surface area (Å²) < 4.78 is 17.0. The Morgan fingerprint density at radius 3 is 2.49 bits per heavy atom. The summed E-state index contributed by atoms with van der Waals surface area (Å²) in [4.78, 5) is 30.3. The predicted molar refractivity (Wildman–Crippen MR) is 141 cm³/mol. The Labute approximate surface area is 218 Å². The lowest BCUT2D eigenvalue weighted by Gasteiger charge is -2.31. The maximum Gasteiger partial charge on any atom is 0.295 e. The van der Waals surface area contributed by atoms with Gasteiger partial charge in [0.1, 0.15) is 5.76 Å². The molecule has 2 fully saturated rings. The van der Waals surface area contributed by atoms with E-state index in [1.165, 1.54) is 0 Å². The second-order valence-electron chi connectivity index (χ2n) is 9.28. The number of hydrogen-bond acceptors (Lipinski definition) is 7. The quantitative estimate of drug-likeness (QED) is 0.212. The highest BCUT2D eigenvalue weighted by Crippen LogP contribution is 2.42. The second-order valence-corrected chi connectivity index (χ2v) is 9.28. The van der Waals surface area contributed by atoms with Crippen molar-refractivity contribution in [3.63, 3.8) is 0 Å². The molecule has 2 heterocycles. The molecule has 0 bridgehead atoms. The topological polar surface area (TPSA) is 88.5 Å². The molecule has 4 rings (SSSR count). The zero-order valence-corrected chi connectivity index (χ0v) is 21.7. The molecule has 0 aromatic heterocycles. The van der Waals surface area contributed by atoms with Crippen LogP contribution in [0.15, 0.2) is 54.1 Å². The van der Waals surface area contributed by atoms with Crippen molar-refractivity contribution in [1.29, 1.82) is 0 Å². The highest BCUT2D eigenvalue weighted by molar-refractivity contribution is 6.46. The molecule has 8 nitrogen and oxygen atoms in total. The number of ketones is 1. The largest absolute Gasteiger partial charge is 0.507 e. The van der Waals surface area contributed by atoms with Crippen LogP contribution >= 0.6 is 0 Å². The van der Waals surface area contributed by atoms with E-state index in [1.807, 2.05) is 18.2 Å². The van der Waals surface area contributed by atoms with E-state index in [2.05, 4.69) is 11.8 Å². The van der Waals surface area contributed by atoms with E-state index in [4.69, 9.17) is 14.2 Å². The normalized spacial score (nSPS) is 19.8. The van der Waals surface area contributed by atoms with E-state index in [1.54, 1.807) is 42.3 Å². The van der Waals surface area contributed by atoms with Crippen LogP contribution in [0.1, 0.15) is 43.4 Å². The fourth-order valence-electron chi connectivity index (χ4n) is 4.79. The van der Waals surface area contributed by atoms with E-state index < -0.39 is 17.7 Å². The summed E-state index contributed by atoms with van der Waals surface area (Å²) in [6.45, 7) is 6.51. The SMILES string of the molecule is CCCCCOc1ccc(C2C(=C(O)c3ccccc3)C(=O)C(=O)N2CCN2CCOCC2)cc1OC. The maximum atomic E-state index is 13.3. The summed E-state index contributed by atoms with van der Waals surface area (Å²) >= 11 is 0. The maximum absolute atomic E-state index is 13.3. The monoisotopic (exact) mass is 508 g/mol. The Morgan fingerprint density at radius 2 is 1.78 bits per heavy atom. The fraction of sp³-hybridized carbons (Fsp3) is 0.448. The number of carbonyl (C=O) groups excluding carboxylic acids is 2. The molecule has 2 aromatic rings. The second kappa shape index (κ2) is 12.7. The number of benzene rings is 2. The number of rotatable bonds is 11. The minimum Gasteiger partial charge on any atom is -0.507 e. The number of likely N-dealkylation sites (tertiary alicyclic amines) is 1. The van der Waals surface area contributed by atoms with Gasteiger partial charge in [0.05, 0.1) is 38.5 Å². The molecule has 2 aliphatic rings. The lowest BCUT2D eigenvalue weighted by molar-refractivity contribution is -0.140. The van der Waals surface area contributed by atoms with Gasteiger partial charge in [-0.2, -0.15) is 0 Å². The number of Topliss-reactive ketones (excluding diaryl/α,β-unsaturated/α-hetero) is 1. The number of carbonyl (C=O) groups is 2. The zero-order chi connectivity index (χ0) is 26.2. The Balaban J connectivity index is 1.69. The van der Waals surface area contributed by atoms with Crippen LogP contribution in [0.25, 0.3) is 5.76 Å². The first kappa shape index (κ1) is 26.7. The third-order valence-electron chi connectivity index (χ3n) is 6.86. The third-order valence-corrected chi connectivity index (χ3v) is 6.86. The van der Waals surface area contributed by atoms with Crippen LogP contribution in [0.3, 0.4) is 0 Å². The van der Waals surface area contributed by atoms with Crippen molar-refractivity contribution in [3.05, 3.63) is 65.2 Å².